The Hall–Kier alpha value is -3.22. The smallest absolute Gasteiger partial charge is 0.417 e. The van der Waals surface area contributed by atoms with Crippen molar-refractivity contribution in [3.05, 3.63) is 108 Å². The van der Waals surface area contributed by atoms with E-state index in [0.717, 1.165) is 5.56 Å². The van der Waals surface area contributed by atoms with Crippen molar-refractivity contribution in [1.82, 2.24) is 4.90 Å². The fourth-order valence-corrected chi connectivity index (χ4v) is 5.72. The topological polar surface area (TPSA) is 55.8 Å². The predicted octanol–water partition coefficient (Wildman–Crippen LogP) is 4.76. The van der Waals surface area contributed by atoms with Crippen molar-refractivity contribution in [2.24, 2.45) is 0 Å². The van der Waals surface area contributed by atoms with Gasteiger partial charge in [0.25, 0.3) is 5.91 Å². The molecule has 1 saturated heterocycles. The summed E-state index contributed by atoms with van der Waals surface area (Å²) in [5.74, 6) is -0.342. The van der Waals surface area contributed by atoms with Gasteiger partial charge in [-0.2, -0.15) is 0 Å². The first kappa shape index (κ1) is 23.0. The summed E-state index contributed by atoms with van der Waals surface area (Å²) in [6.07, 6.45) is -1.33. The third-order valence-electron chi connectivity index (χ3n) is 5.62. The van der Waals surface area contributed by atoms with Crippen LogP contribution >= 0.6 is 0 Å². The van der Waals surface area contributed by atoms with Crippen LogP contribution in [0.3, 0.4) is 0 Å². The summed E-state index contributed by atoms with van der Waals surface area (Å²) in [6.45, 7) is 5.37. The molecule has 0 aromatic heterocycles. The molecule has 33 heavy (non-hydrogen) atoms. The van der Waals surface area contributed by atoms with E-state index in [1.165, 1.54) is 16.0 Å². The quantitative estimate of drug-likeness (QED) is 0.394. The molecule has 0 saturated carbocycles. The van der Waals surface area contributed by atoms with Gasteiger partial charge in [-0.05, 0) is 37.5 Å². The number of likely N-dealkylation sites (tertiary alicyclic amines) is 1. The Labute approximate surface area is 197 Å². The van der Waals surface area contributed by atoms with E-state index in [2.05, 4.69) is 24.3 Å². The van der Waals surface area contributed by atoms with E-state index < -0.39 is 33.6 Å². The Bertz CT molecular complexity index is 1040. The highest BCUT2D eigenvalue weighted by molar-refractivity contribution is 6.32. The minimum Gasteiger partial charge on any atom is -0.443 e. The molecular formula is C27H29NO4Si. The molecule has 5 nitrogen and oxygen atoms in total. The van der Waals surface area contributed by atoms with E-state index in [0.29, 0.717) is 0 Å². The molecule has 0 unspecified atom stereocenters. The third-order valence-corrected chi connectivity index (χ3v) is 7.45. The van der Waals surface area contributed by atoms with Gasteiger partial charge in [0.15, 0.2) is 9.76 Å². The van der Waals surface area contributed by atoms with E-state index in [9.17, 15) is 9.59 Å². The highest BCUT2D eigenvalue weighted by Gasteiger charge is 2.53. The monoisotopic (exact) mass is 459 g/mol. The summed E-state index contributed by atoms with van der Waals surface area (Å²) in [5.41, 5.74) is 2.61. The van der Waals surface area contributed by atoms with Crippen LogP contribution in [-0.4, -0.2) is 38.4 Å². The number of β-lactam (4-membered cyclic amide) rings is 1. The van der Waals surface area contributed by atoms with Crippen LogP contribution in [0.15, 0.2) is 91.0 Å². The van der Waals surface area contributed by atoms with E-state index in [1.54, 1.807) is 20.8 Å². The zero-order chi connectivity index (χ0) is 23.4. The van der Waals surface area contributed by atoms with Crippen LogP contribution in [0.4, 0.5) is 4.79 Å². The molecule has 0 aliphatic carbocycles. The number of ether oxygens (including phenoxy) is 1. The molecule has 1 fully saturated rings. The van der Waals surface area contributed by atoms with Crippen molar-refractivity contribution >= 4 is 21.8 Å². The standard InChI is InChI=1S/C27H29NO4Si/c1-27(2,3)31-26(30)28-22(19-13-7-4-8-14-19)23(25(28)29)32-33-24(20-15-9-5-10-16-20)21-17-11-6-12-18-21/h4-18,22-24H,33H2,1-3H3/t22-,23+/m1/s1. The SMILES string of the molecule is CC(C)(C)OC(=O)N1C(=O)[C@@H](O[SiH2]C(c2ccccc2)c2ccccc2)[C@H]1c1ccccc1. The van der Waals surface area contributed by atoms with Gasteiger partial charge < -0.3 is 9.16 Å². The fraction of sp³-hybridized carbons (Fsp3) is 0.259. The number of carbonyl (C=O) groups is 2. The van der Waals surface area contributed by atoms with Crippen LogP contribution in [0.25, 0.3) is 0 Å². The molecule has 1 heterocycles. The van der Waals surface area contributed by atoms with Gasteiger partial charge in [0.1, 0.15) is 17.7 Å². The van der Waals surface area contributed by atoms with Crippen molar-refractivity contribution in [1.29, 1.82) is 0 Å². The molecule has 2 atom stereocenters. The first-order valence-electron chi connectivity index (χ1n) is 11.2. The van der Waals surface area contributed by atoms with Crippen LogP contribution in [0, 0.1) is 0 Å². The van der Waals surface area contributed by atoms with Gasteiger partial charge in [0.05, 0.1) is 0 Å². The summed E-state index contributed by atoms with van der Waals surface area (Å²) in [4.78, 5) is 27.1. The van der Waals surface area contributed by atoms with Gasteiger partial charge in [0, 0.05) is 5.54 Å². The summed E-state index contributed by atoms with van der Waals surface area (Å²) in [5, 5.41) is 0. The molecule has 0 radical (unpaired) electrons. The predicted molar refractivity (Wildman–Crippen MR) is 130 cm³/mol. The number of hydrogen-bond donors (Lipinski definition) is 0. The molecule has 6 heteroatoms. The molecule has 0 N–H and O–H groups in total. The average molecular weight is 460 g/mol. The first-order chi connectivity index (χ1) is 15.8. The Morgan fingerprint density at radius 2 is 1.33 bits per heavy atom. The van der Waals surface area contributed by atoms with Gasteiger partial charge in [0.2, 0.25) is 0 Å². The zero-order valence-corrected chi connectivity index (χ0v) is 20.6. The molecule has 170 valence electrons. The lowest BCUT2D eigenvalue weighted by Gasteiger charge is -2.45. The number of nitrogens with zero attached hydrogens (tertiary/aromatic N) is 1. The minimum absolute atomic E-state index is 0.104. The maximum atomic E-state index is 13.1. The first-order valence-corrected chi connectivity index (χ1v) is 12.6. The van der Waals surface area contributed by atoms with Crippen LogP contribution < -0.4 is 0 Å². The maximum Gasteiger partial charge on any atom is 0.417 e. The molecule has 3 aromatic rings. The van der Waals surface area contributed by atoms with E-state index in [1.807, 2.05) is 66.7 Å². The second kappa shape index (κ2) is 9.73. The lowest BCUT2D eigenvalue weighted by Crippen LogP contribution is -2.63. The number of hydrogen-bond acceptors (Lipinski definition) is 4. The van der Waals surface area contributed by atoms with Crippen LogP contribution in [0.1, 0.15) is 49.0 Å². The maximum absolute atomic E-state index is 13.1. The Morgan fingerprint density at radius 3 is 1.82 bits per heavy atom. The molecule has 4 rings (SSSR count). The highest BCUT2D eigenvalue weighted by Crippen LogP contribution is 2.39. The van der Waals surface area contributed by atoms with E-state index in [-0.39, 0.29) is 11.4 Å². The van der Waals surface area contributed by atoms with E-state index in [4.69, 9.17) is 9.16 Å². The minimum atomic E-state index is -1.23. The van der Waals surface area contributed by atoms with Gasteiger partial charge in [-0.1, -0.05) is 91.0 Å². The molecule has 0 bridgehead atoms. The number of imide groups is 1. The summed E-state index contributed by atoms with van der Waals surface area (Å²) in [6, 6.07) is 29.5. The normalized spacial score (nSPS) is 18.5. The van der Waals surface area contributed by atoms with Crippen LogP contribution in [0.2, 0.25) is 0 Å². The Morgan fingerprint density at radius 1 is 0.848 bits per heavy atom. The Kier molecular flexibility index (Phi) is 6.77. The molecule has 2 amide bonds. The van der Waals surface area contributed by atoms with Crippen LogP contribution in [0.5, 0.6) is 0 Å². The van der Waals surface area contributed by atoms with E-state index >= 15 is 0 Å². The molecular weight excluding hydrogens is 430 g/mol. The molecule has 1 aliphatic heterocycles. The van der Waals surface area contributed by atoms with Crippen molar-refractivity contribution in [3.8, 4) is 0 Å². The number of benzene rings is 3. The number of carbonyl (C=O) groups excluding carboxylic acids is 2. The largest absolute Gasteiger partial charge is 0.443 e. The summed E-state index contributed by atoms with van der Waals surface area (Å²) >= 11 is 0. The Balaban J connectivity index is 1.58. The zero-order valence-electron chi connectivity index (χ0n) is 19.2. The highest BCUT2D eigenvalue weighted by atomic mass is 28.2. The van der Waals surface area contributed by atoms with Gasteiger partial charge in [-0.25, -0.2) is 9.69 Å². The van der Waals surface area contributed by atoms with Gasteiger partial charge >= 0.3 is 6.09 Å². The summed E-state index contributed by atoms with van der Waals surface area (Å²) < 4.78 is 11.9. The molecule has 1 aliphatic rings. The molecule has 3 aromatic carbocycles. The number of rotatable bonds is 6. The van der Waals surface area contributed by atoms with Crippen molar-refractivity contribution in [2.45, 2.75) is 44.1 Å². The average Bonchev–Trinajstić information content (AvgIpc) is 2.80. The second-order valence-electron chi connectivity index (χ2n) is 9.17. The van der Waals surface area contributed by atoms with Crippen molar-refractivity contribution in [3.63, 3.8) is 0 Å². The van der Waals surface area contributed by atoms with Gasteiger partial charge in [-0.15, -0.1) is 0 Å². The summed E-state index contributed by atoms with van der Waals surface area (Å²) in [7, 11) is -1.23. The molecule has 0 spiro atoms. The van der Waals surface area contributed by atoms with Crippen LogP contribution in [-0.2, 0) is 14.0 Å². The fourth-order valence-electron chi connectivity index (χ4n) is 4.07. The van der Waals surface area contributed by atoms with Crippen molar-refractivity contribution < 1.29 is 18.8 Å². The second-order valence-corrected chi connectivity index (χ2v) is 10.7. The number of amides is 2. The third kappa shape index (κ3) is 5.24. The lowest BCUT2D eigenvalue weighted by molar-refractivity contribution is -0.161. The van der Waals surface area contributed by atoms with Gasteiger partial charge in [-0.3, -0.25) is 4.79 Å². The van der Waals surface area contributed by atoms with Crippen molar-refractivity contribution in [2.75, 3.05) is 0 Å². The lowest BCUT2D eigenvalue weighted by atomic mass is 9.91.